The molecule has 3 rings (SSSR count). The molecule has 0 saturated heterocycles. The smallest absolute Gasteiger partial charge is 0.191 e. The highest BCUT2D eigenvalue weighted by atomic mass is 15.4. The predicted molar refractivity (Wildman–Crippen MR) is 80.9 cm³/mol. The van der Waals surface area contributed by atoms with E-state index in [0.717, 1.165) is 37.7 Å². The molecule has 2 N–H and O–H groups in total. The summed E-state index contributed by atoms with van der Waals surface area (Å²) in [5.74, 6) is 1.89. The van der Waals surface area contributed by atoms with E-state index in [9.17, 15) is 0 Å². The lowest BCUT2D eigenvalue weighted by molar-refractivity contribution is 0.392. The average molecular weight is 287 g/mol. The monoisotopic (exact) mass is 287 g/mol. The SMILES string of the molecule is CN=C(NCc1cccn1C)NC1CCc2ncnn2C1. The standard InChI is InChI=1S/C14H21N7/c1-15-14(16-8-12-4-3-7-20(12)2)19-11-5-6-13-17-10-18-21(13)9-11/h3-4,7,10-11H,5-6,8-9H2,1-2H3,(H2,15,16,19). The lowest BCUT2D eigenvalue weighted by atomic mass is 10.1. The van der Waals surface area contributed by atoms with Crippen LogP contribution in [-0.4, -0.2) is 38.4 Å². The molecular weight excluding hydrogens is 266 g/mol. The van der Waals surface area contributed by atoms with Crippen molar-refractivity contribution in [3.8, 4) is 0 Å². The number of aryl methyl sites for hydroxylation is 2. The normalized spacial score (nSPS) is 18.4. The van der Waals surface area contributed by atoms with Gasteiger partial charge in [0, 0.05) is 38.4 Å². The van der Waals surface area contributed by atoms with Gasteiger partial charge in [0.15, 0.2) is 5.96 Å². The van der Waals surface area contributed by atoms with Crippen molar-refractivity contribution in [1.29, 1.82) is 0 Å². The summed E-state index contributed by atoms with van der Waals surface area (Å²) in [6, 6.07) is 4.47. The molecule has 0 amide bonds. The predicted octanol–water partition coefficient (Wildman–Crippen LogP) is 0.297. The molecule has 2 aromatic heterocycles. The van der Waals surface area contributed by atoms with Crippen molar-refractivity contribution >= 4 is 5.96 Å². The number of fused-ring (bicyclic) bond motifs is 1. The minimum atomic E-state index is 0.332. The summed E-state index contributed by atoms with van der Waals surface area (Å²) in [5.41, 5.74) is 1.22. The van der Waals surface area contributed by atoms with E-state index in [4.69, 9.17) is 0 Å². The van der Waals surface area contributed by atoms with E-state index in [2.05, 4.69) is 36.3 Å². The summed E-state index contributed by atoms with van der Waals surface area (Å²) in [7, 11) is 3.84. The van der Waals surface area contributed by atoms with E-state index in [0.29, 0.717) is 6.04 Å². The first-order chi connectivity index (χ1) is 10.3. The van der Waals surface area contributed by atoms with Crippen LogP contribution in [0.1, 0.15) is 17.9 Å². The van der Waals surface area contributed by atoms with Crippen molar-refractivity contribution in [3.05, 3.63) is 36.2 Å². The molecule has 0 fully saturated rings. The fourth-order valence-corrected chi connectivity index (χ4v) is 2.60. The molecule has 2 aromatic rings. The Balaban J connectivity index is 1.55. The maximum atomic E-state index is 4.29. The van der Waals surface area contributed by atoms with Crippen LogP contribution in [0.5, 0.6) is 0 Å². The molecule has 1 atom stereocenters. The first-order valence-corrected chi connectivity index (χ1v) is 7.20. The molecule has 0 aliphatic carbocycles. The van der Waals surface area contributed by atoms with Crippen molar-refractivity contribution < 1.29 is 0 Å². The topological polar surface area (TPSA) is 72.1 Å². The first kappa shape index (κ1) is 13.7. The van der Waals surface area contributed by atoms with E-state index < -0.39 is 0 Å². The van der Waals surface area contributed by atoms with Gasteiger partial charge in [-0.05, 0) is 18.6 Å². The third kappa shape index (κ3) is 3.07. The van der Waals surface area contributed by atoms with Crippen molar-refractivity contribution in [2.24, 2.45) is 12.0 Å². The maximum absolute atomic E-state index is 4.29. The van der Waals surface area contributed by atoms with Gasteiger partial charge in [-0.25, -0.2) is 9.67 Å². The number of hydrogen-bond acceptors (Lipinski definition) is 3. The van der Waals surface area contributed by atoms with Crippen molar-refractivity contribution in [3.63, 3.8) is 0 Å². The second-order valence-electron chi connectivity index (χ2n) is 5.27. The van der Waals surface area contributed by atoms with Crippen molar-refractivity contribution in [1.82, 2.24) is 30.0 Å². The summed E-state index contributed by atoms with van der Waals surface area (Å²) < 4.78 is 4.06. The molecule has 3 heterocycles. The average Bonchev–Trinajstić information content (AvgIpc) is 3.11. The highest BCUT2D eigenvalue weighted by molar-refractivity contribution is 5.79. The number of hydrogen-bond donors (Lipinski definition) is 2. The number of nitrogens with one attached hydrogen (secondary N) is 2. The van der Waals surface area contributed by atoms with Gasteiger partial charge in [-0.15, -0.1) is 0 Å². The van der Waals surface area contributed by atoms with E-state index >= 15 is 0 Å². The molecule has 0 saturated carbocycles. The quantitative estimate of drug-likeness (QED) is 0.629. The number of guanidine groups is 1. The highest BCUT2D eigenvalue weighted by Crippen LogP contribution is 2.11. The van der Waals surface area contributed by atoms with Crippen LogP contribution in [0.15, 0.2) is 29.6 Å². The molecule has 1 unspecified atom stereocenters. The fraction of sp³-hybridized carbons (Fsp3) is 0.500. The molecule has 0 bridgehead atoms. The molecule has 112 valence electrons. The lowest BCUT2D eigenvalue weighted by Crippen LogP contribution is -2.46. The third-order valence-corrected chi connectivity index (χ3v) is 3.86. The maximum Gasteiger partial charge on any atom is 0.191 e. The summed E-state index contributed by atoms with van der Waals surface area (Å²) in [5, 5.41) is 11.1. The molecule has 7 heteroatoms. The van der Waals surface area contributed by atoms with Crippen molar-refractivity contribution in [2.45, 2.75) is 32.0 Å². The van der Waals surface area contributed by atoms with E-state index in [-0.39, 0.29) is 0 Å². The summed E-state index contributed by atoms with van der Waals surface area (Å²) in [4.78, 5) is 8.54. The van der Waals surface area contributed by atoms with Crippen LogP contribution >= 0.6 is 0 Å². The lowest BCUT2D eigenvalue weighted by Gasteiger charge is -2.25. The number of rotatable bonds is 3. The molecule has 7 nitrogen and oxygen atoms in total. The third-order valence-electron chi connectivity index (χ3n) is 3.86. The number of aliphatic imine (C=N–C) groups is 1. The van der Waals surface area contributed by atoms with E-state index in [1.54, 1.807) is 13.4 Å². The molecule has 1 aliphatic rings. The first-order valence-electron chi connectivity index (χ1n) is 7.20. The van der Waals surface area contributed by atoms with Gasteiger partial charge in [-0.3, -0.25) is 4.99 Å². The Morgan fingerprint density at radius 1 is 1.52 bits per heavy atom. The van der Waals surface area contributed by atoms with Gasteiger partial charge in [0.25, 0.3) is 0 Å². The number of aromatic nitrogens is 4. The Morgan fingerprint density at radius 3 is 3.19 bits per heavy atom. The minimum Gasteiger partial charge on any atom is -0.353 e. The highest BCUT2D eigenvalue weighted by Gasteiger charge is 2.20. The van der Waals surface area contributed by atoms with Crippen LogP contribution in [0.4, 0.5) is 0 Å². The Bertz CT molecular complexity index is 625. The van der Waals surface area contributed by atoms with Gasteiger partial charge in [-0.1, -0.05) is 0 Å². The van der Waals surface area contributed by atoms with Gasteiger partial charge in [0.1, 0.15) is 12.2 Å². The van der Waals surface area contributed by atoms with Gasteiger partial charge < -0.3 is 15.2 Å². The Labute approximate surface area is 124 Å². The summed E-state index contributed by atoms with van der Waals surface area (Å²) in [6.07, 6.45) is 5.66. The molecule has 0 radical (unpaired) electrons. The Hall–Kier alpha value is -2.31. The minimum absolute atomic E-state index is 0.332. The number of nitrogens with zero attached hydrogens (tertiary/aromatic N) is 5. The van der Waals surface area contributed by atoms with Crippen LogP contribution < -0.4 is 10.6 Å². The molecule has 0 spiro atoms. The zero-order chi connectivity index (χ0) is 14.7. The van der Waals surface area contributed by atoms with Gasteiger partial charge >= 0.3 is 0 Å². The van der Waals surface area contributed by atoms with Crippen LogP contribution in [-0.2, 0) is 26.6 Å². The van der Waals surface area contributed by atoms with Crippen LogP contribution in [0.2, 0.25) is 0 Å². The van der Waals surface area contributed by atoms with E-state index in [1.165, 1.54) is 5.69 Å². The van der Waals surface area contributed by atoms with Gasteiger partial charge in [0.05, 0.1) is 13.1 Å². The second-order valence-corrected chi connectivity index (χ2v) is 5.27. The zero-order valence-corrected chi connectivity index (χ0v) is 12.5. The zero-order valence-electron chi connectivity index (χ0n) is 12.5. The summed E-state index contributed by atoms with van der Waals surface area (Å²) >= 11 is 0. The molecule has 21 heavy (non-hydrogen) atoms. The Kier molecular flexibility index (Phi) is 3.89. The van der Waals surface area contributed by atoms with Crippen LogP contribution in [0, 0.1) is 0 Å². The fourth-order valence-electron chi connectivity index (χ4n) is 2.60. The van der Waals surface area contributed by atoms with Crippen LogP contribution in [0.3, 0.4) is 0 Å². The molecular formula is C14H21N7. The molecule has 1 aliphatic heterocycles. The van der Waals surface area contributed by atoms with Crippen molar-refractivity contribution in [2.75, 3.05) is 7.05 Å². The molecule has 0 aromatic carbocycles. The second kappa shape index (κ2) is 5.99. The summed E-state index contributed by atoms with van der Waals surface area (Å²) in [6.45, 7) is 1.59. The van der Waals surface area contributed by atoms with Crippen LogP contribution in [0.25, 0.3) is 0 Å². The van der Waals surface area contributed by atoms with E-state index in [1.807, 2.05) is 24.0 Å². The van der Waals surface area contributed by atoms with Gasteiger partial charge in [0.2, 0.25) is 0 Å². The largest absolute Gasteiger partial charge is 0.353 e. The Morgan fingerprint density at radius 2 is 2.43 bits per heavy atom. The van der Waals surface area contributed by atoms with Gasteiger partial charge in [-0.2, -0.15) is 5.10 Å².